The van der Waals surface area contributed by atoms with E-state index in [0.29, 0.717) is 33.8 Å². The van der Waals surface area contributed by atoms with Crippen LogP contribution in [0.15, 0.2) is 9.70 Å². The molecule has 0 radical (unpaired) electrons. The molecule has 0 aliphatic carbocycles. The summed E-state index contributed by atoms with van der Waals surface area (Å²) in [5, 5.41) is 9.82. The Labute approximate surface area is 206 Å². The molecule has 3 rings (SSSR count). The van der Waals surface area contributed by atoms with E-state index in [-0.39, 0.29) is 17.0 Å². The van der Waals surface area contributed by atoms with Crippen LogP contribution in [0.4, 0.5) is 5.82 Å². The van der Waals surface area contributed by atoms with Crippen molar-refractivity contribution in [2.24, 2.45) is 5.92 Å². The van der Waals surface area contributed by atoms with E-state index < -0.39 is 0 Å². The minimum Gasteiger partial charge on any atom is -0.357 e. The maximum absolute atomic E-state index is 13.3. The summed E-state index contributed by atoms with van der Waals surface area (Å²) in [4.78, 5) is 31.1. The lowest BCUT2D eigenvalue weighted by Crippen LogP contribution is -2.35. The molecule has 0 atom stereocenters. The monoisotopic (exact) mass is 486 g/mol. The summed E-state index contributed by atoms with van der Waals surface area (Å²) < 4.78 is 2.34. The number of carbonyl (C=O) groups excluding carboxylic acids is 1. The molecule has 3 heterocycles. The van der Waals surface area contributed by atoms with Gasteiger partial charge in [-0.15, -0.1) is 0 Å². The smallest absolute Gasteiger partial charge is 0.270 e. The van der Waals surface area contributed by atoms with Crippen molar-refractivity contribution in [3.05, 3.63) is 31.9 Å². The van der Waals surface area contributed by atoms with Crippen LogP contribution in [-0.4, -0.2) is 39.3 Å². The second-order valence-electron chi connectivity index (χ2n) is 9.25. The molecule has 8 heteroatoms. The van der Waals surface area contributed by atoms with E-state index in [9.17, 15) is 14.9 Å². The fraction of sp³-hybridized carbons (Fsp3) is 0.600. The molecule has 0 saturated carbocycles. The average Bonchev–Trinajstić information content (AvgIpc) is 2.96. The zero-order valence-corrected chi connectivity index (χ0v) is 21.8. The predicted molar refractivity (Wildman–Crippen MR) is 140 cm³/mol. The van der Waals surface area contributed by atoms with Crippen molar-refractivity contribution in [3.63, 3.8) is 0 Å². The van der Waals surface area contributed by atoms with Crippen LogP contribution in [0, 0.1) is 24.2 Å². The first-order chi connectivity index (χ1) is 15.8. The Morgan fingerprint density at radius 3 is 2.42 bits per heavy atom. The number of anilines is 1. The van der Waals surface area contributed by atoms with Crippen LogP contribution in [-0.2, 0) is 11.3 Å². The minimum absolute atomic E-state index is 0.0928. The molecule has 0 unspecified atom stereocenters. The SMILES string of the molecule is CCCCn1c(N2CCCCCC2)c(/C=C2\SC(=S)N(CC(C)C)C2=O)c(C)c(C#N)c1=O. The second-order valence-corrected chi connectivity index (χ2v) is 10.9. The summed E-state index contributed by atoms with van der Waals surface area (Å²) in [5.41, 5.74) is 1.37. The van der Waals surface area contributed by atoms with Crippen LogP contribution < -0.4 is 10.5 Å². The molecule has 0 bridgehead atoms. The van der Waals surface area contributed by atoms with E-state index in [1.165, 1.54) is 24.6 Å². The standard InChI is InChI=1S/C25H34N4O2S2/c1-5-6-13-28-22(27-11-9-7-8-10-12-27)19(18(4)20(15-26)23(28)30)14-21-24(31)29(16-17(2)3)25(32)33-21/h14,17H,5-13,16H2,1-4H3/b21-14-. The number of pyridine rings is 1. The highest BCUT2D eigenvalue weighted by atomic mass is 32.2. The van der Waals surface area contributed by atoms with Crippen LogP contribution in [0.5, 0.6) is 0 Å². The fourth-order valence-corrected chi connectivity index (χ4v) is 5.70. The largest absolute Gasteiger partial charge is 0.357 e. The van der Waals surface area contributed by atoms with Crippen molar-refractivity contribution in [2.45, 2.75) is 72.8 Å². The third kappa shape index (κ3) is 5.52. The summed E-state index contributed by atoms with van der Waals surface area (Å²) >= 11 is 6.81. The van der Waals surface area contributed by atoms with Gasteiger partial charge in [0.25, 0.3) is 11.5 Å². The Kier molecular flexibility index (Phi) is 8.77. The predicted octanol–water partition coefficient (Wildman–Crippen LogP) is 5.07. The highest BCUT2D eigenvalue weighted by molar-refractivity contribution is 8.26. The van der Waals surface area contributed by atoms with Crippen molar-refractivity contribution in [3.8, 4) is 6.07 Å². The number of carbonyl (C=O) groups is 1. The molecule has 178 valence electrons. The van der Waals surface area contributed by atoms with E-state index in [1.807, 2.05) is 13.0 Å². The van der Waals surface area contributed by atoms with Gasteiger partial charge in [0.05, 0.1) is 4.91 Å². The van der Waals surface area contributed by atoms with Gasteiger partial charge in [0.1, 0.15) is 21.8 Å². The van der Waals surface area contributed by atoms with Gasteiger partial charge in [0.15, 0.2) is 0 Å². The lowest BCUT2D eigenvalue weighted by atomic mass is 10.0. The van der Waals surface area contributed by atoms with E-state index in [2.05, 4.69) is 31.7 Å². The van der Waals surface area contributed by atoms with Gasteiger partial charge in [-0.25, -0.2) is 0 Å². The van der Waals surface area contributed by atoms with Crippen molar-refractivity contribution < 1.29 is 4.79 Å². The number of nitrogens with zero attached hydrogens (tertiary/aromatic N) is 4. The third-order valence-corrected chi connectivity index (χ3v) is 7.56. The number of hydrogen-bond acceptors (Lipinski definition) is 6. The Balaban J connectivity index is 2.21. The fourth-order valence-electron chi connectivity index (χ4n) is 4.44. The summed E-state index contributed by atoms with van der Waals surface area (Å²) in [5.74, 6) is 1.06. The lowest BCUT2D eigenvalue weighted by molar-refractivity contribution is -0.122. The van der Waals surface area contributed by atoms with Gasteiger partial charge in [-0.3, -0.25) is 19.1 Å². The van der Waals surface area contributed by atoms with Crippen molar-refractivity contribution >= 4 is 46.1 Å². The number of unbranched alkanes of at least 4 members (excludes halogenated alkanes) is 1. The van der Waals surface area contributed by atoms with Gasteiger partial charge in [-0.1, -0.05) is 64.0 Å². The molecule has 6 nitrogen and oxygen atoms in total. The average molecular weight is 487 g/mol. The number of thioether (sulfide) groups is 1. The zero-order valence-electron chi connectivity index (χ0n) is 20.1. The summed E-state index contributed by atoms with van der Waals surface area (Å²) in [6.45, 7) is 10.9. The maximum Gasteiger partial charge on any atom is 0.270 e. The van der Waals surface area contributed by atoms with Gasteiger partial charge >= 0.3 is 0 Å². The number of aromatic nitrogens is 1. The van der Waals surface area contributed by atoms with E-state index in [4.69, 9.17) is 12.2 Å². The van der Waals surface area contributed by atoms with E-state index in [1.54, 1.807) is 9.47 Å². The Bertz CT molecular complexity index is 1040. The lowest BCUT2D eigenvalue weighted by Gasteiger charge is -2.29. The van der Waals surface area contributed by atoms with Gasteiger partial charge < -0.3 is 4.90 Å². The van der Waals surface area contributed by atoms with Crippen molar-refractivity contribution in [2.75, 3.05) is 24.5 Å². The number of rotatable bonds is 7. The highest BCUT2D eigenvalue weighted by Crippen LogP contribution is 2.36. The summed E-state index contributed by atoms with van der Waals surface area (Å²) in [6.07, 6.45) is 8.16. The third-order valence-electron chi connectivity index (χ3n) is 6.18. The van der Waals surface area contributed by atoms with E-state index >= 15 is 0 Å². The molecule has 33 heavy (non-hydrogen) atoms. The van der Waals surface area contributed by atoms with Crippen LogP contribution in [0.25, 0.3) is 6.08 Å². The molecule has 2 saturated heterocycles. The van der Waals surface area contributed by atoms with Crippen LogP contribution in [0.1, 0.15) is 76.0 Å². The normalized spacial score (nSPS) is 18.4. The molecule has 1 aromatic heterocycles. The zero-order chi connectivity index (χ0) is 24.1. The Morgan fingerprint density at radius 2 is 1.85 bits per heavy atom. The Morgan fingerprint density at radius 1 is 1.18 bits per heavy atom. The van der Waals surface area contributed by atoms with Crippen LogP contribution in [0.2, 0.25) is 0 Å². The maximum atomic E-state index is 13.3. The molecule has 0 spiro atoms. The molecule has 1 aromatic rings. The molecule has 2 aliphatic heterocycles. The number of hydrogen-bond donors (Lipinski definition) is 0. The second kappa shape index (κ2) is 11.3. The first-order valence-corrected chi connectivity index (χ1v) is 13.2. The topological polar surface area (TPSA) is 69.3 Å². The van der Waals surface area contributed by atoms with Gasteiger partial charge in [-0.2, -0.15) is 5.26 Å². The number of amides is 1. The van der Waals surface area contributed by atoms with Crippen molar-refractivity contribution in [1.82, 2.24) is 9.47 Å². The molecule has 0 aromatic carbocycles. The molecular weight excluding hydrogens is 452 g/mol. The van der Waals surface area contributed by atoms with E-state index in [0.717, 1.165) is 50.2 Å². The molecule has 2 fully saturated rings. The van der Waals surface area contributed by atoms with Gasteiger partial charge in [-0.05, 0) is 43.7 Å². The minimum atomic E-state index is -0.229. The van der Waals surface area contributed by atoms with Crippen molar-refractivity contribution in [1.29, 1.82) is 5.26 Å². The van der Waals surface area contributed by atoms with Gasteiger partial charge in [0.2, 0.25) is 0 Å². The molecule has 2 aliphatic rings. The van der Waals surface area contributed by atoms with Gasteiger partial charge in [0, 0.05) is 31.7 Å². The van der Waals surface area contributed by atoms with Crippen LogP contribution in [0.3, 0.4) is 0 Å². The quantitative estimate of drug-likeness (QED) is 0.396. The number of nitriles is 1. The highest BCUT2D eigenvalue weighted by Gasteiger charge is 2.33. The molecular formula is C25H34N4O2S2. The summed E-state index contributed by atoms with van der Waals surface area (Å²) in [6, 6.07) is 2.13. The molecule has 0 N–H and O–H groups in total. The molecule has 1 amide bonds. The Hall–Kier alpha value is -2.11. The first kappa shape index (κ1) is 25.5. The number of thiocarbonyl (C=S) groups is 1. The van der Waals surface area contributed by atoms with Crippen LogP contribution >= 0.6 is 24.0 Å². The summed E-state index contributed by atoms with van der Waals surface area (Å²) in [7, 11) is 0. The first-order valence-electron chi connectivity index (χ1n) is 12.0.